The number of amides is 1. The van der Waals surface area contributed by atoms with Gasteiger partial charge < -0.3 is 19.9 Å². The number of halogens is 3. The van der Waals surface area contributed by atoms with Crippen LogP contribution >= 0.6 is 0 Å². The van der Waals surface area contributed by atoms with Crippen molar-refractivity contribution in [2.45, 2.75) is 19.3 Å². The maximum absolute atomic E-state index is 12.6. The summed E-state index contributed by atoms with van der Waals surface area (Å²) in [7, 11) is 1.53. The molecule has 7 nitrogen and oxygen atoms in total. The standard InChI is InChI=1S/C22H20F3N3O4/c1-13(12-29)26-21(30)19-11-18(14-3-9-17(10-4-14)32-22(23,24)25)27-20(28-19)15-5-7-16(31-2)8-6-15/h3-11,13,29H,12H2,1-2H3,(H,26,30). The Morgan fingerprint density at radius 2 is 1.62 bits per heavy atom. The van der Waals surface area contributed by atoms with Crippen LogP contribution in [0.3, 0.4) is 0 Å². The summed E-state index contributed by atoms with van der Waals surface area (Å²) in [6, 6.07) is 12.9. The zero-order valence-corrected chi connectivity index (χ0v) is 17.2. The summed E-state index contributed by atoms with van der Waals surface area (Å²) in [5.41, 5.74) is 1.43. The first-order chi connectivity index (χ1) is 15.2. The van der Waals surface area contributed by atoms with Crippen molar-refractivity contribution in [2.75, 3.05) is 13.7 Å². The van der Waals surface area contributed by atoms with Gasteiger partial charge in [-0.15, -0.1) is 13.2 Å². The number of carbonyl (C=O) groups excluding carboxylic acids is 1. The molecule has 1 heterocycles. The molecule has 2 N–H and O–H groups in total. The fraction of sp³-hybridized carbons (Fsp3) is 0.227. The van der Waals surface area contributed by atoms with Gasteiger partial charge in [-0.2, -0.15) is 0 Å². The van der Waals surface area contributed by atoms with Gasteiger partial charge in [-0.1, -0.05) is 0 Å². The zero-order valence-electron chi connectivity index (χ0n) is 17.2. The van der Waals surface area contributed by atoms with Gasteiger partial charge in [0.2, 0.25) is 0 Å². The number of alkyl halides is 3. The lowest BCUT2D eigenvalue weighted by atomic mass is 10.1. The third-order valence-corrected chi connectivity index (χ3v) is 4.34. The number of methoxy groups -OCH3 is 1. The summed E-state index contributed by atoms with van der Waals surface area (Å²) < 4.78 is 46.3. The van der Waals surface area contributed by atoms with Crippen LogP contribution in [0.15, 0.2) is 54.6 Å². The van der Waals surface area contributed by atoms with Crippen LogP contribution in [-0.4, -0.2) is 47.1 Å². The number of carbonyl (C=O) groups is 1. The molecule has 0 spiro atoms. The third kappa shape index (κ3) is 5.94. The largest absolute Gasteiger partial charge is 0.573 e. The summed E-state index contributed by atoms with van der Waals surface area (Å²) in [6.07, 6.45) is -4.80. The molecule has 0 aliphatic heterocycles. The van der Waals surface area contributed by atoms with E-state index in [1.807, 2.05) is 0 Å². The number of nitrogens with one attached hydrogen (secondary N) is 1. The zero-order chi connectivity index (χ0) is 23.3. The van der Waals surface area contributed by atoms with Crippen molar-refractivity contribution in [1.29, 1.82) is 0 Å². The highest BCUT2D eigenvalue weighted by atomic mass is 19.4. The molecule has 1 atom stereocenters. The van der Waals surface area contributed by atoms with E-state index in [1.54, 1.807) is 31.2 Å². The summed E-state index contributed by atoms with van der Waals surface area (Å²) in [5, 5.41) is 11.8. The predicted molar refractivity (Wildman–Crippen MR) is 110 cm³/mol. The first-order valence-electron chi connectivity index (χ1n) is 9.50. The van der Waals surface area contributed by atoms with Gasteiger partial charge in [0.1, 0.15) is 17.2 Å². The fourth-order valence-electron chi connectivity index (χ4n) is 2.75. The quantitative estimate of drug-likeness (QED) is 0.572. The van der Waals surface area contributed by atoms with Gasteiger partial charge in [0, 0.05) is 17.2 Å². The molecule has 10 heteroatoms. The second-order valence-corrected chi connectivity index (χ2v) is 6.82. The maximum atomic E-state index is 12.6. The van der Waals surface area contributed by atoms with Gasteiger partial charge in [0.25, 0.3) is 5.91 Å². The second kappa shape index (κ2) is 9.65. The van der Waals surface area contributed by atoms with Crippen molar-refractivity contribution in [3.63, 3.8) is 0 Å². The van der Waals surface area contributed by atoms with Crippen LogP contribution in [0.4, 0.5) is 13.2 Å². The molecule has 0 saturated carbocycles. The van der Waals surface area contributed by atoms with Crippen LogP contribution in [0.1, 0.15) is 17.4 Å². The van der Waals surface area contributed by atoms with E-state index in [0.717, 1.165) is 12.1 Å². The molecule has 0 radical (unpaired) electrons. The Kier molecular flexibility index (Phi) is 6.94. The van der Waals surface area contributed by atoms with Crippen molar-refractivity contribution in [1.82, 2.24) is 15.3 Å². The van der Waals surface area contributed by atoms with Gasteiger partial charge in [0.05, 0.1) is 19.4 Å². The fourth-order valence-corrected chi connectivity index (χ4v) is 2.75. The Hall–Kier alpha value is -3.66. The Balaban J connectivity index is 2.02. The monoisotopic (exact) mass is 447 g/mol. The van der Waals surface area contributed by atoms with Crippen LogP contribution in [0.25, 0.3) is 22.6 Å². The van der Waals surface area contributed by atoms with Crippen molar-refractivity contribution in [2.24, 2.45) is 0 Å². The van der Waals surface area contributed by atoms with Crippen LogP contribution in [0.2, 0.25) is 0 Å². The van der Waals surface area contributed by atoms with E-state index >= 15 is 0 Å². The molecule has 168 valence electrons. The number of nitrogens with zero attached hydrogens (tertiary/aromatic N) is 2. The third-order valence-electron chi connectivity index (χ3n) is 4.34. The molecule has 0 aliphatic carbocycles. The van der Waals surface area contributed by atoms with Gasteiger partial charge in [0.15, 0.2) is 5.82 Å². The molecule has 1 amide bonds. The van der Waals surface area contributed by atoms with E-state index < -0.39 is 18.3 Å². The first kappa shape index (κ1) is 23.0. The second-order valence-electron chi connectivity index (χ2n) is 6.82. The molecular weight excluding hydrogens is 427 g/mol. The van der Waals surface area contributed by atoms with Gasteiger partial charge in [-0.25, -0.2) is 9.97 Å². The summed E-state index contributed by atoms with van der Waals surface area (Å²) in [6.45, 7) is 1.37. The van der Waals surface area contributed by atoms with E-state index in [0.29, 0.717) is 22.6 Å². The lowest BCUT2D eigenvalue weighted by Gasteiger charge is -2.13. The Morgan fingerprint density at radius 1 is 1.03 bits per heavy atom. The molecular formula is C22H20F3N3O4. The molecule has 0 fully saturated rings. The van der Waals surface area contributed by atoms with E-state index in [2.05, 4.69) is 20.0 Å². The molecule has 1 unspecified atom stereocenters. The molecule has 32 heavy (non-hydrogen) atoms. The van der Waals surface area contributed by atoms with Crippen LogP contribution in [0.5, 0.6) is 11.5 Å². The van der Waals surface area contributed by atoms with E-state index in [-0.39, 0.29) is 23.9 Å². The number of benzene rings is 2. The van der Waals surface area contributed by atoms with Crippen LogP contribution in [-0.2, 0) is 0 Å². The van der Waals surface area contributed by atoms with Crippen LogP contribution in [0, 0.1) is 0 Å². The van der Waals surface area contributed by atoms with Crippen molar-refractivity contribution >= 4 is 5.91 Å². The van der Waals surface area contributed by atoms with E-state index in [9.17, 15) is 23.1 Å². The predicted octanol–water partition coefficient (Wildman–Crippen LogP) is 3.83. The molecule has 0 saturated heterocycles. The van der Waals surface area contributed by atoms with E-state index in [4.69, 9.17) is 4.74 Å². The maximum Gasteiger partial charge on any atom is 0.573 e. The van der Waals surface area contributed by atoms with Gasteiger partial charge in [-0.3, -0.25) is 4.79 Å². The van der Waals surface area contributed by atoms with Crippen LogP contribution < -0.4 is 14.8 Å². The average molecular weight is 447 g/mol. The number of hydrogen-bond acceptors (Lipinski definition) is 6. The Bertz CT molecular complexity index is 1070. The summed E-state index contributed by atoms with van der Waals surface area (Å²) in [4.78, 5) is 21.4. The number of aliphatic hydroxyl groups is 1. The van der Waals surface area contributed by atoms with Crippen molar-refractivity contribution in [3.05, 3.63) is 60.3 Å². The number of rotatable bonds is 7. The lowest BCUT2D eigenvalue weighted by Crippen LogP contribution is -2.35. The average Bonchev–Trinajstić information content (AvgIpc) is 2.78. The molecule has 0 aliphatic rings. The molecule has 1 aromatic heterocycles. The van der Waals surface area contributed by atoms with Gasteiger partial charge >= 0.3 is 6.36 Å². The lowest BCUT2D eigenvalue weighted by molar-refractivity contribution is -0.274. The smallest absolute Gasteiger partial charge is 0.497 e. The summed E-state index contributed by atoms with van der Waals surface area (Å²) >= 11 is 0. The number of hydrogen-bond donors (Lipinski definition) is 2. The normalized spacial score (nSPS) is 12.2. The molecule has 3 aromatic rings. The molecule has 2 aromatic carbocycles. The Morgan fingerprint density at radius 3 is 2.19 bits per heavy atom. The van der Waals surface area contributed by atoms with E-state index in [1.165, 1.54) is 25.3 Å². The van der Waals surface area contributed by atoms with Gasteiger partial charge in [-0.05, 0) is 61.5 Å². The topological polar surface area (TPSA) is 93.6 Å². The minimum atomic E-state index is -4.80. The highest BCUT2D eigenvalue weighted by Crippen LogP contribution is 2.28. The highest BCUT2D eigenvalue weighted by molar-refractivity contribution is 5.94. The molecule has 3 rings (SSSR count). The number of ether oxygens (including phenoxy) is 2. The first-order valence-corrected chi connectivity index (χ1v) is 9.50. The highest BCUT2D eigenvalue weighted by Gasteiger charge is 2.31. The molecule has 0 bridgehead atoms. The minimum Gasteiger partial charge on any atom is -0.497 e. The van der Waals surface area contributed by atoms with Crippen molar-refractivity contribution in [3.8, 4) is 34.1 Å². The number of aromatic nitrogens is 2. The summed E-state index contributed by atoms with van der Waals surface area (Å²) in [5.74, 6) is -0.0372. The minimum absolute atomic E-state index is 0.0386. The Labute approximate surface area is 181 Å². The SMILES string of the molecule is COc1ccc(-c2nc(C(=O)NC(C)CO)cc(-c3ccc(OC(F)(F)F)cc3)n2)cc1. The number of aliphatic hydroxyl groups excluding tert-OH is 1. The van der Waals surface area contributed by atoms with Crippen molar-refractivity contribution < 1.29 is 32.5 Å².